The van der Waals surface area contributed by atoms with Crippen LogP contribution in [0, 0.1) is 5.41 Å². The maximum atomic E-state index is 8.80. The zero-order valence-corrected chi connectivity index (χ0v) is 11.5. The third kappa shape index (κ3) is 10.4. The van der Waals surface area contributed by atoms with Crippen LogP contribution in [0.3, 0.4) is 0 Å². The second kappa shape index (κ2) is 10.1. The summed E-state index contributed by atoms with van der Waals surface area (Å²) in [6.07, 6.45) is 8.77. The van der Waals surface area contributed by atoms with Crippen molar-refractivity contribution in [2.45, 2.75) is 65.7 Å². The average Bonchev–Trinajstić information content (AvgIpc) is 2.25. The molecule has 0 amide bonds. The molecule has 2 heteroatoms. The molecule has 0 spiro atoms. The van der Waals surface area contributed by atoms with E-state index in [1.807, 2.05) is 0 Å². The zero-order valence-electron chi connectivity index (χ0n) is 11.5. The van der Waals surface area contributed by atoms with E-state index in [0.717, 1.165) is 25.9 Å². The number of rotatable bonds is 11. The van der Waals surface area contributed by atoms with Gasteiger partial charge in [0.05, 0.1) is 0 Å². The second-order valence-corrected chi connectivity index (χ2v) is 5.58. The van der Waals surface area contributed by atoms with Crippen molar-refractivity contribution >= 4 is 0 Å². The van der Waals surface area contributed by atoms with Crippen LogP contribution in [-0.4, -0.2) is 24.8 Å². The van der Waals surface area contributed by atoms with Crippen LogP contribution in [0.5, 0.6) is 0 Å². The fourth-order valence-corrected chi connectivity index (χ4v) is 1.93. The average molecular weight is 229 g/mol. The molecule has 0 aromatic heterocycles. The van der Waals surface area contributed by atoms with Gasteiger partial charge in [-0.05, 0) is 31.2 Å². The summed E-state index contributed by atoms with van der Waals surface area (Å²) in [5.41, 5.74) is 0.326. The summed E-state index contributed by atoms with van der Waals surface area (Å²) < 4.78 is 0. The molecule has 0 radical (unpaired) electrons. The number of aliphatic hydroxyl groups excluding tert-OH is 1. The Hall–Kier alpha value is -0.0800. The number of aliphatic hydroxyl groups is 1. The molecule has 2 N–H and O–H groups in total. The topological polar surface area (TPSA) is 32.3 Å². The molecule has 0 aliphatic rings. The molecular formula is C14H31NO. The lowest BCUT2D eigenvalue weighted by Gasteiger charge is -2.24. The molecular weight excluding hydrogens is 198 g/mol. The van der Waals surface area contributed by atoms with E-state index in [0.29, 0.717) is 12.0 Å². The molecule has 0 heterocycles. The van der Waals surface area contributed by atoms with E-state index in [1.165, 1.54) is 32.1 Å². The van der Waals surface area contributed by atoms with Gasteiger partial charge >= 0.3 is 0 Å². The Morgan fingerprint density at radius 3 is 2.31 bits per heavy atom. The molecule has 0 saturated carbocycles. The van der Waals surface area contributed by atoms with E-state index in [-0.39, 0.29) is 0 Å². The van der Waals surface area contributed by atoms with Crippen molar-refractivity contribution in [1.29, 1.82) is 0 Å². The van der Waals surface area contributed by atoms with Crippen molar-refractivity contribution in [3.8, 4) is 0 Å². The van der Waals surface area contributed by atoms with Crippen LogP contribution < -0.4 is 5.32 Å². The highest BCUT2D eigenvalue weighted by Crippen LogP contribution is 2.20. The van der Waals surface area contributed by atoms with Gasteiger partial charge in [-0.1, -0.05) is 46.5 Å². The molecule has 2 nitrogen and oxygen atoms in total. The summed E-state index contributed by atoms with van der Waals surface area (Å²) in [5.74, 6) is 0. The molecule has 0 rings (SSSR count). The third-order valence-corrected chi connectivity index (χ3v) is 3.07. The molecule has 0 aromatic carbocycles. The van der Waals surface area contributed by atoms with Gasteiger partial charge in [0.1, 0.15) is 0 Å². The van der Waals surface area contributed by atoms with Crippen LogP contribution in [-0.2, 0) is 0 Å². The molecule has 0 unspecified atom stereocenters. The predicted octanol–water partition coefficient (Wildman–Crippen LogP) is 3.35. The van der Waals surface area contributed by atoms with Gasteiger partial charge in [-0.3, -0.25) is 0 Å². The van der Waals surface area contributed by atoms with Gasteiger partial charge in [-0.2, -0.15) is 0 Å². The van der Waals surface area contributed by atoms with Crippen LogP contribution in [0.4, 0.5) is 0 Å². The second-order valence-electron chi connectivity index (χ2n) is 5.58. The van der Waals surface area contributed by atoms with Crippen LogP contribution in [0.1, 0.15) is 65.7 Å². The van der Waals surface area contributed by atoms with E-state index >= 15 is 0 Å². The van der Waals surface area contributed by atoms with E-state index in [4.69, 9.17) is 5.11 Å². The first-order valence-corrected chi connectivity index (χ1v) is 6.94. The first kappa shape index (κ1) is 15.9. The molecule has 0 aromatic rings. The fraction of sp³-hybridized carbons (Fsp3) is 1.00. The smallest absolute Gasteiger partial charge is 0.0431 e. The Morgan fingerprint density at radius 1 is 1.00 bits per heavy atom. The number of hydrogen-bond acceptors (Lipinski definition) is 2. The summed E-state index contributed by atoms with van der Waals surface area (Å²) in [4.78, 5) is 0. The molecule has 0 fully saturated rings. The molecule has 98 valence electrons. The van der Waals surface area contributed by atoms with Gasteiger partial charge in [0.2, 0.25) is 0 Å². The van der Waals surface area contributed by atoms with Crippen molar-refractivity contribution in [1.82, 2.24) is 5.32 Å². The molecule has 0 saturated heterocycles. The maximum Gasteiger partial charge on any atom is 0.0431 e. The quantitative estimate of drug-likeness (QED) is 0.533. The van der Waals surface area contributed by atoms with Gasteiger partial charge in [-0.25, -0.2) is 0 Å². The highest BCUT2D eigenvalue weighted by Gasteiger charge is 2.15. The molecule has 0 bridgehead atoms. The third-order valence-electron chi connectivity index (χ3n) is 3.07. The standard InChI is InChI=1S/C14H31NO/c1-4-5-6-7-8-11-15-13-14(2,3)10-9-12-16/h15-16H,4-13H2,1-3H3. The molecule has 16 heavy (non-hydrogen) atoms. The van der Waals surface area contributed by atoms with Gasteiger partial charge in [0, 0.05) is 13.2 Å². The Labute approximate surface area is 102 Å². The fourth-order valence-electron chi connectivity index (χ4n) is 1.93. The van der Waals surface area contributed by atoms with Crippen molar-refractivity contribution in [3.63, 3.8) is 0 Å². The first-order valence-electron chi connectivity index (χ1n) is 6.94. The van der Waals surface area contributed by atoms with Gasteiger partial charge in [0.25, 0.3) is 0 Å². The van der Waals surface area contributed by atoms with Crippen LogP contribution in [0.15, 0.2) is 0 Å². The Morgan fingerprint density at radius 2 is 1.69 bits per heavy atom. The summed E-state index contributed by atoms with van der Waals surface area (Å²) in [5, 5.41) is 12.3. The Balaban J connectivity index is 3.29. The Kier molecular flexibility index (Phi) is 10.0. The van der Waals surface area contributed by atoms with Crippen molar-refractivity contribution in [2.75, 3.05) is 19.7 Å². The lowest BCUT2D eigenvalue weighted by Crippen LogP contribution is -2.30. The first-order chi connectivity index (χ1) is 7.62. The normalized spacial score (nSPS) is 12.0. The van der Waals surface area contributed by atoms with E-state index in [2.05, 4.69) is 26.1 Å². The maximum absolute atomic E-state index is 8.80. The highest BCUT2D eigenvalue weighted by atomic mass is 16.2. The summed E-state index contributed by atoms with van der Waals surface area (Å²) in [6, 6.07) is 0. The molecule has 0 aliphatic heterocycles. The van der Waals surface area contributed by atoms with Crippen LogP contribution >= 0.6 is 0 Å². The van der Waals surface area contributed by atoms with Crippen molar-refractivity contribution in [3.05, 3.63) is 0 Å². The SMILES string of the molecule is CCCCCCCNCC(C)(C)CCCO. The minimum atomic E-state index is 0.320. The van der Waals surface area contributed by atoms with Crippen molar-refractivity contribution < 1.29 is 5.11 Å². The van der Waals surface area contributed by atoms with E-state index in [9.17, 15) is 0 Å². The van der Waals surface area contributed by atoms with E-state index in [1.54, 1.807) is 0 Å². The van der Waals surface area contributed by atoms with Gasteiger partial charge < -0.3 is 10.4 Å². The van der Waals surface area contributed by atoms with Crippen LogP contribution in [0.25, 0.3) is 0 Å². The largest absolute Gasteiger partial charge is 0.396 e. The monoisotopic (exact) mass is 229 g/mol. The van der Waals surface area contributed by atoms with Crippen molar-refractivity contribution in [2.24, 2.45) is 5.41 Å². The lowest BCUT2D eigenvalue weighted by atomic mass is 9.88. The minimum absolute atomic E-state index is 0.320. The number of nitrogens with one attached hydrogen (secondary N) is 1. The minimum Gasteiger partial charge on any atom is -0.396 e. The predicted molar refractivity (Wildman–Crippen MR) is 71.7 cm³/mol. The molecule has 0 atom stereocenters. The number of unbranched alkanes of at least 4 members (excludes halogenated alkanes) is 4. The number of hydrogen-bond donors (Lipinski definition) is 2. The van der Waals surface area contributed by atoms with Crippen LogP contribution in [0.2, 0.25) is 0 Å². The summed E-state index contributed by atoms with van der Waals surface area (Å²) in [7, 11) is 0. The molecule has 0 aliphatic carbocycles. The zero-order chi connectivity index (χ0) is 12.3. The lowest BCUT2D eigenvalue weighted by molar-refractivity contribution is 0.236. The Bertz CT molecular complexity index is 146. The van der Waals surface area contributed by atoms with Gasteiger partial charge in [-0.15, -0.1) is 0 Å². The highest BCUT2D eigenvalue weighted by molar-refractivity contribution is 4.71. The van der Waals surface area contributed by atoms with Gasteiger partial charge in [0.15, 0.2) is 0 Å². The summed E-state index contributed by atoms with van der Waals surface area (Å²) >= 11 is 0. The van der Waals surface area contributed by atoms with E-state index < -0.39 is 0 Å². The summed E-state index contributed by atoms with van der Waals surface area (Å²) in [6.45, 7) is 9.33.